The number of nitrogens with one attached hydrogen (secondary N) is 1. The van der Waals surface area contributed by atoms with E-state index in [1.54, 1.807) is 0 Å². The second kappa shape index (κ2) is 4.08. The third-order valence-corrected chi connectivity index (χ3v) is 3.26. The first-order chi connectivity index (χ1) is 6.40. The van der Waals surface area contributed by atoms with Crippen molar-refractivity contribution >= 4 is 0 Å². The summed E-state index contributed by atoms with van der Waals surface area (Å²) in [5.74, 6) is 0.325. The summed E-state index contributed by atoms with van der Waals surface area (Å²) in [6, 6.07) is 3.12. The van der Waals surface area contributed by atoms with Gasteiger partial charge in [-0.25, -0.2) is 0 Å². The van der Waals surface area contributed by atoms with Crippen LogP contribution in [0.15, 0.2) is 0 Å². The molecular weight excluding hydrogens is 162 g/mol. The number of rotatable bonds is 1. The van der Waals surface area contributed by atoms with Crippen LogP contribution in [0.3, 0.4) is 0 Å². The number of hydrogen-bond donors (Lipinski definition) is 1. The van der Waals surface area contributed by atoms with E-state index in [1.807, 2.05) is 0 Å². The van der Waals surface area contributed by atoms with Crippen LogP contribution >= 0.6 is 0 Å². The van der Waals surface area contributed by atoms with Crippen LogP contribution < -0.4 is 5.32 Å². The first-order valence-electron chi connectivity index (χ1n) is 5.24. The number of hydrogen-bond acceptors (Lipinski definition) is 3. The molecule has 72 valence electrons. The molecule has 1 N–H and O–H groups in total. The van der Waals surface area contributed by atoms with Crippen LogP contribution in [0.5, 0.6) is 0 Å². The SMILES string of the molecule is N#CC1CCN([C@@H]2CCNC2)CC1. The lowest BCUT2D eigenvalue weighted by atomic mass is 9.97. The van der Waals surface area contributed by atoms with Crippen molar-refractivity contribution in [3.63, 3.8) is 0 Å². The van der Waals surface area contributed by atoms with Gasteiger partial charge in [-0.05, 0) is 38.9 Å². The molecule has 2 aliphatic heterocycles. The maximum Gasteiger partial charge on any atom is 0.0656 e. The summed E-state index contributed by atoms with van der Waals surface area (Å²) >= 11 is 0. The lowest BCUT2D eigenvalue weighted by Gasteiger charge is -2.33. The van der Waals surface area contributed by atoms with Crippen LogP contribution in [0.1, 0.15) is 19.3 Å². The molecule has 1 atom stereocenters. The van der Waals surface area contributed by atoms with Crippen LogP contribution in [0.2, 0.25) is 0 Å². The highest BCUT2D eigenvalue weighted by molar-refractivity contribution is 4.90. The Labute approximate surface area is 79.7 Å². The summed E-state index contributed by atoms with van der Waals surface area (Å²) in [5, 5.41) is 12.1. The Balaban J connectivity index is 1.81. The molecule has 2 aliphatic rings. The Hall–Kier alpha value is -0.590. The number of nitrogens with zero attached hydrogens (tertiary/aromatic N) is 2. The molecule has 2 fully saturated rings. The summed E-state index contributed by atoms with van der Waals surface area (Å²) < 4.78 is 0. The van der Waals surface area contributed by atoms with Gasteiger partial charge in [-0.15, -0.1) is 0 Å². The Morgan fingerprint density at radius 3 is 2.54 bits per heavy atom. The molecule has 2 saturated heterocycles. The third-order valence-electron chi connectivity index (χ3n) is 3.26. The summed E-state index contributed by atoms with van der Waals surface area (Å²) in [6.07, 6.45) is 3.44. The third kappa shape index (κ3) is 2.01. The topological polar surface area (TPSA) is 39.1 Å². The van der Waals surface area contributed by atoms with Gasteiger partial charge in [-0.1, -0.05) is 0 Å². The molecule has 0 aliphatic carbocycles. The standard InChI is InChI=1S/C10H17N3/c11-7-9-2-5-13(6-3-9)10-1-4-12-8-10/h9-10,12H,1-6,8H2/t10-/m1/s1. The molecule has 0 bridgehead atoms. The lowest BCUT2D eigenvalue weighted by Crippen LogP contribution is -2.42. The van der Waals surface area contributed by atoms with E-state index in [0.29, 0.717) is 5.92 Å². The summed E-state index contributed by atoms with van der Waals surface area (Å²) in [7, 11) is 0. The normalized spacial score (nSPS) is 31.8. The highest BCUT2D eigenvalue weighted by Crippen LogP contribution is 2.20. The Bertz CT molecular complexity index is 195. The van der Waals surface area contributed by atoms with Crippen LogP contribution in [0.25, 0.3) is 0 Å². The molecule has 13 heavy (non-hydrogen) atoms. The van der Waals surface area contributed by atoms with Gasteiger partial charge in [0.25, 0.3) is 0 Å². The predicted octanol–water partition coefficient (Wildman–Crippen LogP) is 0.584. The maximum absolute atomic E-state index is 8.76. The molecule has 0 unspecified atom stereocenters. The molecule has 0 saturated carbocycles. The van der Waals surface area contributed by atoms with E-state index in [1.165, 1.54) is 13.0 Å². The largest absolute Gasteiger partial charge is 0.315 e. The predicted molar refractivity (Wildman–Crippen MR) is 51.2 cm³/mol. The molecule has 3 nitrogen and oxygen atoms in total. The van der Waals surface area contributed by atoms with Crippen molar-refractivity contribution in [1.82, 2.24) is 10.2 Å². The van der Waals surface area contributed by atoms with Crippen molar-refractivity contribution in [1.29, 1.82) is 5.26 Å². The molecule has 0 aromatic rings. The smallest absolute Gasteiger partial charge is 0.0656 e. The van der Waals surface area contributed by atoms with Gasteiger partial charge in [0.2, 0.25) is 0 Å². The van der Waals surface area contributed by atoms with Gasteiger partial charge in [0.05, 0.1) is 6.07 Å². The molecule has 2 heterocycles. The second-order valence-corrected chi connectivity index (χ2v) is 4.09. The van der Waals surface area contributed by atoms with E-state index in [0.717, 1.165) is 38.5 Å². The van der Waals surface area contributed by atoms with Crippen molar-refractivity contribution < 1.29 is 0 Å². The molecule has 0 aromatic carbocycles. The fraction of sp³-hybridized carbons (Fsp3) is 0.900. The Kier molecular flexibility index (Phi) is 2.82. The zero-order chi connectivity index (χ0) is 9.10. The molecular formula is C10H17N3. The molecule has 0 radical (unpaired) electrons. The fourth-order valence-corrected chi connectivity index (χ4v) is 2.34. The molecule has 0 spiro atoms. The van der Waals surface area contributed by atoms with Crippen LogP contribution in [-0.4, -0.2) is 37.1 Å². The van der Waals surface area contributed by atoms with E-state index >= 15 is 0 Å². The molecule has 0 aromatic heterocycles. The Morgan fingerprint density at radius 2 is 2.00 bits per heavy atom. The zero-order valence-corrected chi connectivity index (χ0v) is 8.00. The van der Waals surface area contributed by atoms with Crippen LogP contribution in [0.4, 0.5) is 0 Å². The van der Waals surface area contributed by atoms with E-state index in [4.69, 9.17) is 5.26 Å². The van der Waals surface area contributed by atoms with E-state index in [9.17, 15) is 0 Å². The van der Waals surface area contributed by atoms with E-state index in [2.05, 4.69) is 16.3 Å². The summed E-state index contributed by atoms with van der Waals surface area (Å²) in [4.78, 5) is 2.55. The number of piperidine rings is 1. The molecule has 3 heteroatoms. The van der Waals surface area contributed by atoms with Gasteiger partial charge in [0, 0.05) is 18.5 Å². The van der Waals surface area contributed by atoms with Crippen LogP contribution in [0, 0.1) is 17.2 Å². The Morgan fingerprint density at radius 1 is 1.23 bits per heavy atom. The number of likely N-dealkylation sites (tertiary alicyclic amines) is 1. The second-order valence-electron chi connectivity index (χ2n) is 4.09. The monoisotopic (exact) mass is 179 g/mol. The quantitative estimate of drug-likeness (QED) is 0.640. The molecule has 0 amide bonds. The first-order valence-corrected chi connectivity index (χ1v) is 5.24. The molecule has 2 rings (SSSR count). The average molecular weight is 179 g/mol. The van der Waals surface area contributed by atoms with Crippen molar-refractivity contribution in [2.45, 2.75) is 25.3 Å². The average Bonchev–Trinajstić information content (AvgIpc) is 2.71. The van der Waals surface area contributed by atoms with Crippen molar-refractivity contribution in [3.8, 4) is 6.07 Å². The van der Waals surface area contributed by atoms with Gasteiger partial charge in [-0.2, -0.15) is 5.26 Å². The van der Waals surface area contributed by atoms with Crippen molar-refractivity contribution in [3.05, 3.63) is 0 Å². The lowest BCUT2D eigenvalue weighted by molar-refractivity contribution is 0.156. The first kappa shape index (κ1) is 8.98. The van der Waals surface area contributed by atoms with Gasteiger partial charge in [0.1, 0.15) is 0 Å². The van der Waals surface area contributed by atoms with Gasteiger partial charge in [0.15, 0.2) is 0 Å². The van der Waals surface area contributed by atoms with Gasteiger partial charge < -0.3 is 5.32 Å². The van der Waals surface area contributed by atoms with Gasteiger partial charge in [-0.3, -0.25) is 4.90 Å². The number of nitriles is 1. The van der Waals surface area contributed by atoms with E-state index < -0.39 is 0 Å². The summed E-state index contributed by atoms with van der Waals surface area (Å²) in [5.41, 5.74) is 0. The zero-order valence-electron chi connectivity index (χ0n) is 8.00. The maximum atomic E-state index is 8.76. The minimum atomic E-state index is 0.325. The minimum absolute atomic E-state index is 0.325. The van der Waals surface area contributed by atoms with Crippen molar-refractivity contribution in [2.75, 3.05) is 26.2 Å². The highest BCUT2D eigenvalue weighted by Gasteiger charge is 2.26. The summed E-state index contributed by atoms with van der Waals surface area (Å²) in [6.45, 7) is 4.58. The van der Waals surface area contributed by atoms with Crippen LogP contribution in [-0.2, 0) is 0 Å². The highest BCUT2D eigenvalue weighted by atomic mass is 15.2. The fourth-order valence-electron chi connectivity index (χ4n) is 2.34. The van der Waals surface area contributed by atoms with Crippen molar-refractivity contribution in [2.24, 2.45) is 5.92 Å². The minimum Gasteiger partial charge on any atom is -0.315 e. The van der Waals surface area contributed by atoms with E-state index in [-0.39, 0.29) is 0 Å². The van der Waals surface area contributed by atoms with Gasteiger partial charge >= 0.3 is 0 Å².